The Labute approximate surface area is 100 Å². The standard InChI is InChI=1S/C13H17NO3/c14-11(13(15)16)8-9-4-1-2-5-10(9)12-6-3-7-17-12/h1-2,4-5,11-12H,3,6-8,14H2,(H,15,16). The lowest BCUT2D eigenvalue weighted by Gasteiger charge is -2.16. The topological polar surface area (TPSA) is 72.5 Å². The molecule has 1 fully saturated rings. The predicted molar refractivity (Wildman–Crippen MR) is 63.7 cm³/mol. The fraction of sp³-hybridized carbons (Fsp3) is 0.462. The Hall–Kier alpha value is -1.39. The van der Waals surface area contributed by atoms with Gasteiger partial charge in [-0.2, -0.15) is 0 Å². The van der Waals surface area contributed by atoms with Crippen LogP contribution < -0.4 is 5.73 Å². The van der Waals surface area contributed by atoms with Crippen LogP contribution in [0.25, 0.3) is 0 Å². The van der Waals surface area contributed by atoms with Crippen molar-refractivity contribution in [1.82, 2.24) is 0 Å². The van der Waals surface area contributed by atoms with Crippen molar-refractivity contribution in [2.45, 2.75) is 31.4 Å². The molecule has 0 spiro atoms. The van der Waals surface area contributed by atoms with Crippen LogP contribution in [-0.4, -0.2) is 23.7 Å². The monoisotopic (exact) mass is 235 g/mol. The maximum absolute atomic E-state index is 10.8. The smallest absolute Gasteiger partial charge is 0.320 e. The maximum atomic E-state index is 10.8. The summed E-state index contributed by atoms with van der Waals surface area (Å²) in [7, 11) is 0. The number of carboxylic acids is 1. The van der Waals surface area contributed by atoms with Crippen LogP contribution >= 0.6 is 0 Å². The van der Waals surface area contributed by atoms with Crippen LogP contribution in [0.15, 0.2) is 24.3 Å². The van der Waals surface area contributed by atoms with Crippen molar-refractivity contribution >= 4 is 5.97 Å². The van der Waals surface area contributed by atoms with Gasteiger partial charge >= 0.3 is 5.97 Å². The molecule has 1 heterocycles. The van der Waals surface area contributed by atoms with Gasteiger partial charge in [0.2, 0.25) is 0 Å². The Morgan fingerprint density at radius 3 is 2.94 bits per heavy atom. The largest absolute Gasteiger partial charge is 0.480 e. The zero-order valence-electron chi connectivity index (χ0n) is 9.63. The lowest BCUT2D eigenvalue weighted by Crippen LogP contribution is -2.32. The van der Waals surface area contributed by atoms with Gasteiger partial charge in [-0.05, 0) is 30.4 Å². The molecule has 0 radical (unpaired) electrons. The fourth-order valence-electron chi connectivity index (χ4n) is 2.18. The van der Waals surface area contributed by atoms with E-state index in [1.165, 1.54) is 0 Å². The average molecular weight is 235 g/mol. The fourth-order valence-corrected chi connectivity index (χ4v) is 2.18. The Bertz CT molecular complexity index is 399. The van der Waals surface area contributed by atoms with Gasteiger partial charge in [0, 0.05) is 6.61 Å². The lowest BCUT2D eigenvalue weighted by molar-refractivity contribution is -0.138. The van der Waals surface area contributed by atoms with Crippen LogP contribution in [0.5, 0.6) is 0 Å². The Balaban J connectivity index is 2.18. The highest BCUT2D eigenvalue weighted by molar-refractivity contribution is 5.73. The van der Waals surface area contributed by atoms with Crippen molar-refractivity contribution < 1.29 is 14.6 Å². The summed E-state index contributed by atoms with van der Waals surface area (Å²) in [5.41, 5.74) is 7.64. The summed E-state index contributed by atoms with van der Waals surface area (Å²) < 4.78 is 5.63. The summed E-state index contributed by atoms with van der Waals surface area (Å²) in [6.45, 7) is 0.782. The Morgan fingerprint density at radius 2 is 2.29 bits per heavy atom. The van der Waals surface area contributed by atoms with Crippen molar-refractivity contribution in [3.05, 3.63) is 35.4 Å². The molecule has 1 aliphatic heterocycles. The SMILES string of the molecule is NC(Cc1ccccc1C1CCCO1)C(=O)O. The predicted octanol–water partition coefficient (Wildman–Crippen LogP) is 1.49. The number of carboxylic acid groups (broad SMARTS) is 1. The van der Waals surface area contributed by atoms with E-state index in [4.69, 9.17) is 15.6 Å². The van der Waals surface area contributed by atoms with Crippen LogP contribution in [0.2, 0.25) is 0 Å². The number of benzene rings is 1. The van der Waals surface area contributed by atoms with Crippen LogP contribution in [0.3, 0.4) is 0 Å². The Morgan fingerprint density at radius 1 is 1.53 bits per heavy atom. The first kappa shape index (κ1) is 12.1. The van der Waals surface area contributed by atoms with Gasteiger partial charge < -0.3 is 15.6 Å². The summed E-state index contributed by atoms with van der Waals surface area (Å²) in [6, 6.07) is 6.94. The number of nitrogens with two attached hydrogens (primary N) is 1. The van der Waals surface area contributed by atoms with E-state index in [-0.39, 0.29) is 6.10 Å². The van der Waals surface area contributed by atoms with Crippen molar-refractivity contribution in [1.29, 1.82) is 0 Å². The third-order valence-corrected chi connectivity index (χ3v) is 3.09. The first-order valence-electron chi connectivity index (χ1n) is 5.86. The number of rotatable bonds is 4. The molecule has 1 saturated heterocycles. The van der Waals surface area contributed by atoms with Crippen molar-refractivity contribution in [2.24, 2.45) is 5.73 Å². The second kappa shape index (κ2) is 5.29. The van der Waals surface area contributed by atoms with Crippen LogP contribution in [0.1, 0.15) is 30.1 Å². The summed E-state index contributed by atoms with van der Waals surface area (Å²) in [5, 5.41) is 8.84. The molecule has 1 aliphatic rings. The molecule has 1 aromatic rings. The molecule has 2 atom stereocenters. The summed E-state index contributed by atoms with van der Waals surface area (Å²) >= 11 is 0. The van der Waals surface area contributed by atoms with Gasteiger partial charge in [0.1, 0.15) is 6.04 Å². The van der Waals surface area contributed by atoms with E-state index in [0.717, 1.165) is 30.6 Å². The van der Waals surface area contributed by atoms with E-state index < -0.39 is 12.0 Å². The second-order valence-corrected chi connectivity index (χ2v) is 4.35. The third kappa shape index (κ3) is 2.84. The van der Waals surface area contributed by atoms with Crippen LogP contribution in [-0.2, 0) is 16.0 Å². The highest BCUT2D eigenvalue weighted by atomic mass is 16.5. The van der Waals surface area contributed by atoms with E-state index >= 15 is 0 Å². The van der Waals surface area contributed by atoms with Crippen molar-refractivity contribution in [3.63, 3.8) is 0 Å². The average Bonchev–Trinajstić information content (AvgIpc) is 2.83. The highest BCUT2D eigenvalue weighted by Gasteiger charge is 2.22. The molecule has 3 N–H and O–H groups in total. The van der Waals surface area contributed by atoms with Crippen molar-refractivity contribution in [3.8, 4) is 0 Å². The molecule has 2 rings (SSSR count). The van der Waals surface area contributed by atoms with Crippen LogP contribution in [0.4, 0.5) is 0 Å². The molecule has 0 amide bonds. The molecular formula is C13H17NO3. The highest BCUT2D eigenvalue weighted by Crippen LogP contribution is 2.31. The van der Waals surface area contributed by atoms with Gasteiger partial charge in [0.05, 0.1) is 6.10 Å². The molecule has 92 valence electrons. The van der Waals surface area contributed by atoms with E-state index in [2.05, 4.69) is 0 Å². The van der Waals surface area contributed by atoms with E-state index in [1.54, 1.807) is 0 Å². The van der Waals surface area contributed by atoms with E-state index in [1.807, 2.05) is 24.3 Å². The molecule has 4 heteroatoms. The number of ether oxygens (including phenoxy) is 1. The zero-order chi connectivity index (χ0) is 12.3. The number of hydrogen-bond acceptors (Lipinski definition) is 3. The molecule has 2 unspecified atom stereocenters. The molecule has 17 heavy (non-hydrogen) atoms. The van der Waals surface area contributed by atoms with Gasteiger partial charge in [-0.15, -0.1) is 0 Å². The summed E-state index contributed by atoms with van der Waals surface area (Å²) in [6.07, 6.45) is 2.52. The second-order valence-electron chi connectivity index (χ2n) is 4.35. The minimum Gasteiger partial charge on any atom is -0.480 e. The van der Waals surface area contributed by atoms with Crippen molar-refractivity contribution in [2.75, 3.05) is 6.61 Å². The minimum atomic E-state index is -0.966. The molecule has 0 saturated carbocycles. The zero-order valence-corrected chi connectivity index (χ0v) is 9.63. The van der Waals surface area contributed by atoms with Gasteiger partial charge in [0.15, 0.2) is 0 Å². The molecule has 0 aliphatic carbocycles. The summed E-state index contributed by atoms with van der Waals surface area (Å²) in [5.74, 6) is -0.966. The van der Waals surface area contributed by atoms with Gasteiger partial charge in [0.25, 0.3) is 0 Å². The minimum absolute atomic E-state index is 0.104. The van der Waals surface area contributed by atoms with Gasteiger partial charge in [-0.1, -0.05) is 24.3 Å². The van der Waals surface area contributed by atoms with Gasteiger partial charge in [-0.25, -0.2) is 0 Å². The molecule has 1 aromatic carbocycles. The molecule has 0 aromatic heterocycles. The molecular weight excluding hydrogens is 218 g/mol. The Kier molecular flexibility index (Phi) is 3.76. The number of hydrogen-bond donors (Lipinski definition) is 2. The third-order valence-electron chi connectivity index (χ3n) is 3.09. The van der Waals surface area contributed by atoms with E-state index in [0.29, 0.717) is 6.42 Å². The summed E-state index contributed by atoms with van der Waals surface area (Å²) in [4.78, 5) is 10.8. The first-order valence-corrected chi connectivity index (χ1v) is 5.86. The molecule has 0 bridgehead atoms. The number of carbonyl (C=O) groups is 1. The first-order chi connectivity index (χ1) is 8.18. The maximum Gasteiger partial charge on any atom is 0.320 e. The normalized spacial score (nSPS) is 21.4. The quantitative estimate of drug-likeness (QED) is 0.829. The van der Waals surface area contributed by atoms with Gasteiger partial charge in [-0.3, -0.25) is 4.79 Å². The van der Waals surface area contributed by atoms with E-state index in [9.17, 15) is 4.79 Å². The molecule has 4 nitrogen and oxygen atoms in total. The lowest BCUT2D eigenvalue weighted by atomic mass is 9.96. The number of aliphatic carboxylic acids is 1. The van der Waals surface area contributed by atoms with Crippen LogP contribution in [0, 0.1) is 0 Å².